The summed E-state index contributed by atoms with van der Waals surface area (Å²) in [5.41, 5.74) is -1.01. The summed E-state index contributed by atoms with van der Waals surface area (Å²) in [6, 6.07) is 5.07. The highest BCUT2D eigenvalue weighted by Gasteiger charge is 2.64. The van der Waals surface area contributed by atoms with E-state index in [1.54, 1.807) is 12.1 Å². The Labute approximate surface area is 142 Å². The van der Waals surface area contributed by atoms with Gasteiger partial charge in [0.05, 0.1) is 4.90 Å². The fourth-order valence-corrected chi connectivity index (χ4v) is 5.84. The van der Waals surface area contributed by atoms with Crippen molar-refractivity contribution < 1.29 is 18.0 Å². The Morgan fingerprint density at radius 2 is 1.87 bits per heavy atom. The quantitative estimate of drug-likeness (QED) is 0.774. The standard InChI is InChI=1S/C15H15BrN2O4S/c16-11-3-5-12(6-4-11)23(21,22)18-13(19)15(17-14(18)20)8-9-1-2-10(15)7-9/h3-6,9-10H,1-2,7-8H2,(H,17,20)/t9-,10+,15?/m1/s1. The monoisotopic (exact) mass is 398 g/mol. The minimum atomic E-state index is -4.18. The molecule has 1 saturated heterocycles. The molecule has 2 bridgehead atoms. The number of halogens is 1. The first-order valence-corrected chi connectivity index (χ1v) is 9.75. The molecule has 0 aromatic heterocycles. The second-order valence-corrected chi connectivity index (χ2v) is 9.21. The van der Waals surface area contributed by atoms with E-state index in [1.165, 1.54) is 12.1 Å². The first-order chi connectivity index (χ1) is 10.8. The molecule has 122 valence electrons. The average molecular weight is 399 g/mol. The number of urea groups is 1. The Balaban J connectivity index is 1.73. The third kappa shape index (κ3) is 2.00. The molecule has 1 heterocycles. The van der Waals surface area contributed by atoms with Gasteiger partial charge < -0.3 is 5.32 Å². The SMILES string of the molecule is O=C1NC2(C[C@@H]3CC[C@H]2C3)C(=O)N1S(=O)(=O)c1ccc(Br)cc1. The summed E-state index contributed by atoms with van der Waals surface area (Å²) in [5.74, 6) is -0.161. The molecule has 3 atom stereocenters. The topological polar surface area (TPSA) is 83.6 Å². The summed E-state index contributed by atoms with van der Waals surface area (Å²) in [4.78, 5) is 25.1. The van der Waals surface area contributed by atoms with Gasteiger partial charge >= 0.3 is 6.03 Å². The summed E-state index contributed by atoms with van der Waals surface area (Å²) in [6.45, 7) is 0. The van der Waals surface area contributed by atoms with Crippen molar-refractivity contribution in [1.29, 1.82) is 0 Å². The Hall–Kier alpha value is -1.41. The fraction of sp³-hybridized carbons (Fsp3) is 0.467. The molecule has 3 amide bonds. The van der Waals surface area contributed by atoms with Crippen LogP contribution in [0.15, 0.2) is 33.6 Å². The maximum Gasteiger partial charge on any atom is 0.339 e. The second-order valence-electron chi connectivity index (χ2n) is 6.51. The molecular formula is C15H15BrN2O4S. The molecule has 3 aliphatic rings. The Bertz CT molecular complexity index is 807. The maximum atomic E-state index is 12.9. The predicted molar refractivity (Wildman–Crippen MR) is 84.9 cm³/mol. The molecule has 23 heavy (non-hydrogen) atoms. The van der Waals surface area contributed by atoms with Gasteiger partial charge in [0.15, 0.2) is 0 Å². The minimum Gasteiger partial charge on any atom is -0.322 e. The molecule has 1 spiro atoms. The fourth-order valence-electron chi connectivity index (χ4n) is 4.24. The van der Waals surface area contributed by atoms with E-state index in [9.17, 15) is 18.0 Å². The van der Waals surface area contributed by atoms with Gasteiger partial charge in [0.2, 0.25) is 0 Å². The van der Waals surface area contributed by atoms with Gasteiger partial charge in [0, 0.05) is 4.47 Å². The van der Waals surface area contributed by atoms with Crippen LogP contribution in [0.3, 0.4) is 0 Å². The number of hydrogen-bond acceptors (Lipinski definition) is 4. The van der Waals surface area contributed by atoms with E-state index < -0.39 is 27.5 Å². The highest BCUT2D eigenvalue weighted by molar-refractivity contribution is 9.10. The molecule has 0 radical (unpaired) electrons. The van der Waals surface area contributed by atoms with Crippen molar-refractivity contribution in [2.75, 3.05) is 0 Å². The van der Waals surface area contributed by atoms with E-state index >= 15 is 0 Å². The summed E-state index contributed by atoms with van der Waals surface area (Å²) < 4.78 is 26.6. The van der Waals surface area contributed by atoms with E-state index in [2.05, 4.69) is 21.2 Å². The summed E-state index contributed by atoms with van der Waals surface area (Å²) in [6.07, 6.45) is 3.35. The summed E-state index contributed by atoms with van der Waals surface area (Å²) in [5, 5.41) is 2.70. The molecule has 6 nitrogen and oxygen atoms in total. The molecule has 2 saturated carbocycles. The minimum absolute atomic E-state index is 0.0501. The van der Waals surface area contributed by atoms with Gasteiger partial charge in [-0.2, -0.15) is 0 Å². The van der Waals surface area contributed by atoms with E-state index in [0.29, 0.717) is 16.6 Å². The van der Waals surface area contributed by atoms with Gasteiger partial charge in [-0.05, 0) is 61.8 Å². The van der Waals surface area contributed by atoms with Crippen molar-refractivity contribution in [1.82, 2.24) is 9.62 Å². The lowest BCUT2D eigenvalue weighted by Gasteiger charge is -2.30. The molecule has 1 aromatic rings. The molecule has 4 rings (SSSR count). The highest BCUT2D eigenvalue weighted by Crippen LogP contribution is 2.53. The van der Waals surface area contributed by atoms with E-state index in [0.717, 1.165) is 23.7 Å². The maximum absolute atomic E-state index is 12.9. The van der Waals surface area contributed by atoms with Gasteiger partial charge in [-0.15, -0.1) is 4.31 Å². The smallest absolute Gasteiger partial charge is 0.322 e. The largest absolute Gasteiger partial charge is 0.339 e. The van der Waals surface area contributed by atoms with Crippen LogP contribution in [-0.4, -0.2) is 30.2 Å². The Kier molecular flexibility index (Phi) is 3.16. The molecule has 1 unspecified atom stereocenters. The molecule has 2 aliphatic carbocycles. The number of benzene rings is 1. The number of hydrogen-bond donors (Lipinski definition) is 1. The number of nitrogens with zero attached hydrogens (tertiary/aromatic N) is 1. The number of sulfonamides is 1. The van der Waals surface area contributed by atoms with Crippen LogP contribution in [0.1, 0.15) is 25.7 Å². The first kappa shape index (κ1) is 15.1. The molecular weight excluding hydrogens is 384 g/mol. The average Bonchev–Trinajstić information content (AvgIpc) is 3.14. The van der Waals surface area contributed by atoms with Crippen LogP contribution in [-0.2, 0) is 14.8 Å². The van der Waals surface area contributed by atoms with Crippen LogP contribution in [0.2, 0.25) is 0 Å². The van der Waals surface area contributed by atoms with Crippen LogP contribution < -0.4 is 5.32 Å². The lowest BCUT2D eigenvalue weighted by atomic mass is 9.81. The van der Waals surface area contributed by atoms with Crippen LogP contribution in [0.25, 0.3) is 0 Å². The van der Waals surface area contributed by atoms with Gasteiger partial charge in [0.1, 0.15) is 5.54 Å². The van der Waals surface area contributed by atoms with Crippen molar-refractivity contribution in [2.24, 2.45) is 11.8 Å². The van der Waals surface area contributed by atoms with Gasteiger partial charge in [-0.1, -0.05) is 15.9 Å². The number of rotatable bonds is 2. The molecule has 1 aromatic carbocycles. The number of amides is 3. The summed E-state index contributed by atoms with van der Waals surface area (Å²) >= 11 is 3.24. The van der Waals surface area contributed by atoms with Gasteiger partial charge in [-0.25, -0.2) is 13.2 Å². The third-order valence-corrected chi connectivity index (χ3v) is 7.49. The first-order valence-electron chi connectivity index (χ1n) is 7.52. The molecule has 1 aliphatic heterocycles. The van der Waals surface area contributed by atoms with Crippen molar-refractivity contribution in [3.63, 3.8) is 0 Å². The predicted octanol–water partition coefficient (Wildman–Crippen LogP) is 2.25. The second kappa shape index (κ2) is 4.80. The van der Waals surface area contributed by atoms with Crippen LogP contribution in [0.5, 0.6) is 0 Å². The lowest BCUT2D eigenvalue weighted by molar-refractivity contribution is -0.129. The van der Waals surface area contributed by atoms with Crippen molar-refractivity contribution in [3.05, 3.63) is 28.7 Å². The third-order valence-electron chi connectivity index (χ3n) is 5.28. The zero-order valence-corrected chi connectivity index (χ0v) is 14.6. The normalized spacial score (nSPS) is 32.8. The van der Waals surface area contributed by atoms with E-state index in [-0.39, 0.29) is 10.8 Å². The van der Waals surface area contributed by atoms with Crippen LogP contribution in [0.4, 0.5) is 4.79 Å². The van der Waals surface area contributed by atoms with Crippen molar-refractivity contribution in [3.8, 4) is 0 Å². The van der Waals surface area contributed by atoms with Crippen LogP contribution in [0, 0.1) is 11.8 Å². The highest BCUT2D eigenvalue weighted by atomic mass is 79.9. The van der Waals surface area contributed by atoms with E-state index in [4.69, 9.17) is 0 Å². The number of nitrogens with one attached hydrogen (secondary N) is 1. The summed E-state index contributed by atoms with van der Waals surface area (Å²) in [7, 11) is -4.18. The zero-order chi connectivity index (χ0) is 16.4. The van der Waals surface area contributed by atoms with Crippen LogP contribution >= 0.6 is 15.9 Å². The van der Waals surface area contributed by atoms with E-state index in [1.807, 2.05) is 0 Å². The molecule has 8 heteroatoms. The zero-order valence-electron chi connectivity index (χ0n) is 12.2. The lowest BCUT2D eigenvalue weighted by Crippen LogP contribution is -2.51. The Morgan fingerprint density at radius 1 is 1.17 bits per heavy atom. The number of fused-ring (bicyclic) bond motifs is 3. The molecule has 1 N–H and O–H groups in total. The van der Waals surface area contributed by atoms with Crippen molar-refractivity contribution in [2.45, 2.75) is 36.1 Å². The number of carbonyl (C=O) groups is 2. The van der Waals surface area contributed by atoms with Gasteiger partial charge in [0.25, 0.3) is 15.9 Å². The molecule has 3 fully saturated rings. The van der Waals surface area contributed by atoms with Gasteiger partial charge in [-0.3, -0.25) is 4.79 Å². The van der Waals surface area contributed by atoms with Crippen molar-refractivity contribution >= 4 is 37.9 Å². The number of imide groups is 1. The number of carbonyl (C=O) groups excluding carboxylic acids is 2. The Morgan fingerprint density at radius 3 is 2.43 bits per heavy atom.